The number of fused-ring (bicyclic) bond motifs is 5. The molecule has 2 aromatic rings. The van der Waals surface area contributed by atoms with Gasteiger partial charge in [0.05, 0.1) is 5.92 Å². The first-order valence-corrected chi connectivity index (χ1v) is 14.7. The standard InChI is InChI=1S/C30H39N5O5/c1-5-16(2)25-27(37)34-11-7-10-23(34)30(39)35(25)28(38)29(3,40-30)32-26(36)18-12-20-19-8-6-9-21-24(19)17(14-31-21)13-22(20)33(4)15-18/h6,8-9,14,16,18,20,22-23,25,31,39H,5,7,10-13,15H2,1-4H3,(H,32,36). The zero-order valence-corrected chi connectivity index (χ0v) is 23.6. The second-order valence-corrected chi connectivity index (χ2v) is 12.8. The fourth-order valence-corrected chi connectivity index (χ4v) is 8.29. The number of nitrogens with one attached hydrogen (secondary N) is 2. The highest BCUT2D eigenvalue weighted by molar-refractivity contribution is 5.97. The van der Waals surface area contributed by atoms with Crippen LogP contribution in [-0.4, -0.2) is 92.4 Å². The fourth-order valence-electron chi connectivity index (χ4n) is 8.29. The average Bonchev–Trinajstić information content (AvgIpc) is 3.63. The second kappa shape index (κ2) is 8.77. The normalized spacial score (nSPS) is 37.9. The first kappa shape index (κ1) is 26.0. The number of nitrogens with zero attached hydrogens (tertiary/aromatic N) is 3. The van der Waals surface area contributed by atoms with Gasteiger partial charge in [-0.1, -0.05) is 32.4 Å². The van der Waals surface area contributed by atoms with Gasteiger partial charge in [0.2, 0.25) is 17.5 Å². The van der Waals surface area contributed by atoms with Gasteiger partial charge in [0.1, 0.15) is 12.1 Å². The predicted octanol–water partition coefficient (Wildman–Crippen LogP) is 1.88. The zero-order chi connectivity index (χ0) is 28.1. The van der Waals surface area contributed by atoms with E-state index >= 15 is 0 Å². The van der Waals surface area contributed by atoms with Gasteiger partial charge >= 0.3 is 0 Å². The topological polar surface area (TPSA) is 118 Å². The number of carbonyl (C=O) groups is 3. The maximum atomic E-state index is 14.0. The number of benzene rings is 1. The molecule has 0 spiro atoms. The van der Waals surface area contributed by atoms with E-state index in [9.17, 15) is 19.5 Å². The number of likely N-dealkylation sites (N-methyl/N-ethyl adjacent to an activating group) is 1. The fraction of sp³-hybridized carbons (Fsp3) is 0.633. The Hall–Kier alpha value is -2.95. The van der Waals surface area contributed by atoms with E-state index < -0.39 is 29.6 Å². The van der Waals surface area contributed by atoms with Gasteiger partial charge < -0.3 is 25.2 Å². The number of likely N-dealkylation sites (tertiary alicyclic amines) is 1. The number of hydrogen-bond acceptors (Lipinski definition) is 6. The maximum Gasteiger partial charge on any atom is 0.280 e. The largest absolute Gasteiger partial charge is 0.361 e. The van der Waals surface area contributed by atoms with E-state index in [1.54, 1.807) is 4.90 Å². The first-order chi connectivity index (χ1) is 19.1. The summed E-state index contributed by atoms with van der Waals surface area (Å²) in [6.07, 6.45) is 5.61. The van der Waals surface area contributed by atoms with Gasteiger partial charge in [-0.2, -0.15) is 0 Å². The molecule has 10 nitrogen and oxygen atoms in total. The third-order valence-electron chi connectivity index (χ3n) is 10.5. The van der Waals surface area contributed by atoms with Crippen molar-refractivity contribution in [3.8, 4) is 0 Å². The SMILES string of the molecule is CCC(C)C1C(=O)N2CCCC2C2(O)OC(C)(NC(=O)C3CC4c5cccc6[nH]cc(c56)CC4N(C)C3)C(=O)N12. The van der Waals surface area contributed by atoms with Crippen LogP contribution in [0, 0.1) is 11.8 Å². The van der Waals surface area contributed by atoms with E-state index in [-0.39, 0.29) is 29.6 Å². The molecular formula is C30H39N5O5. The molecule has 10 heteroatoms. The average molecular weight is 550 g/mol. The molecule has 3 amide bonds. The first-order valence-electron chi connectivity index (χ1n) is 14.7. The van der Waals surface area contributed by atoms with Crippen LogP contribution in [0.5, 0.6) is 0 Å². The summed E-state index contributed by atoms with van der Waals surface area (Å²) in [4.78, 5) is 50.0. The number of amides is 3. The lowest BCUT2D eigenvalue weighted by molar-refractivity contribution is -0.317. The van der Waals surface area contributed by atoms with Crippen LogP contribution in [0.15, 0.2) is 24.4 Å². The molecule has 0 radical (unpaired) electrons. The summed E-state index contributed by atoms with van der Waals surface area (Å²) < 4.78 is 6.21. The Morgan fingerprint density at radius 3 is 2.90 bits per heavy atom. The van der Waals surface area contributed by atoms with Crippen LogP contribution in [0.4, 0.5) is 0 Å². The van der Waals surface area contributed by atoms with E-state index in [1.165, 1.54) is 28.3 Å². The van der Waals surface area contributed by atoms with Crippen molar-refractivity contribution >= 4 is 28.6 Å². The Morgan fingerprint density at radius 1 is 1.32 bits per heavy atom. The van der Waals surface area contributed by atoms with Crippen LogP contribution in [0.3, 0.4) is 0 Å². The van der Waals surface area contributed by atoms with Gasteiger partial charge in [-0.25, -0.2) is 0 Å². The van der Waals surface area contributed by atoms with Gasteiger partial charge in [0, 0.05) is 42.1 Å². The smallest absolute Gasteiger partial charge is 0.280 e. The monoisotopic (exact) mass is 549 g/mol. The summed E-state index contributed by atoms with van der Waals surface area (Å²) in [7, 11) is 2.06. The molecule has 1 aromatic carbocycles. The summed E-state index contributed by atoms with van der Waals surface area (Å²) in [6.45, 7) is 6.48. The minimum atomic E-state index is -1.98. The Balaban J connectivity index is 1.17. The number of piperidine rings is 1. The van der Waals surface area contributed by atoms with Gasteiger partial charge in [-0.15, -0.1) is 0 Å². The summed E-state index contributed by atoms with van der Waals surface area (Å²) in [6, 6.07) is 5.13. The third kappa shape index (κ3) is 3.42. The van der Waals surface area contributed by atoms with E-state index in [1.807, 2.05) is 13.8 Å². The molecule has 1 aliphatic carbocycles. The van der Waals surface area contributed by atoms with Crippen molar-refractivity contribution in [2.45, 2.75) is 88.6 Å². The molecule has 8 unspecified atom stereocenters. The Morgan fingerprint density at radius 2 is 2.12 bits per heavy atom. The van der Waals surface area contributed by atoms with Crippen LogP contribution in [-0.2, 0) is 25.5 Å². The highest BCUT2D eigenvalue weighted by Gasteiger charge is 2.70. The summed E-state index contributed by atoms with van der Waals surface area (Å²) in [5.74, 6) is -3.31. The minimum Gasteiger partial charge on any atom is -0.361 e. The van der Waals surface area contributed by atoms with Gasteiger partial charge in [-0.3, -0.25) is 24.0 Å². The van der Waals surface area contributed by atoms with Crippen molar-refractivity contribution in [1.82, 2.24) is 25.0 Å². The molecule has 0 bridgehead atoms. The molecule has 5 aliphatic rings. The summed E-state index contributed by atoms with van der Waals surface area (Å²) in [5.41, 5.74) is 1.92. The lowest BCUT2D eigenvalue weighted by atomic mass is 9.72. The number of rotatable bonds is 4. The number of aliphatic hydroxyl groups is 1. The lowest BCUT2D eigenvalue weighted by Gasteiger charge is -2.50. The number of carbonyl (C=O) groups excluding carboxylic acids is 3. The summed E-state index contributed by atoms with van der Waals surface area (Å²) in [5, 5.41) is 16.1. The van der Waals surface area contributed by atoms with E-state index in [4.69, 9.17) is 4.74 Å². The quantitative estimate of drug-likeness (QED) is 0.536. The van der Waals surface area contributed by atoms with Crippen molar-refractivity contribution in [3.05, 3.63) is 35.5 Å². The highest BCUT2D eigenvalue weighted by Crippen LogP contribution is 2.48. The predicted molar refractivity (Wildman–Crippen MR) is 147 cm³/mol. The molecule has 4 saturated heterocycles. The third-order valence-corrected chi connectivity index (χ3v) is 10.5. The molecule has 8 atom stereocenters. The van der Waals surface area contributed by atoms with Crippen molar-refractivity contribution < 1.29 is 24.2 Å². The molecule has 1 aromatic heterocycles. The van der Waals surface area contributed by atoms with E-state index in [2.05, 4.69) is 46.6 Å². The number of aromatic nitrogens is 1. The number of aromatic amines is 1. The van der Waals surface area contributed by atoms with Gasteiger partial charge in [0.25, 0.3) is 11.8 Å². The molecule has 7 rings (SSSR count). The molecule has 5 heterocycles. The second-order valence-electron chi connectivity index (χ2n) is 12.8. The molecular weight excluding hydrogens is 510 g/mol. The van der Waals surface area contributed by atoms with Crippen molar-refractivity contribution in [3.63, 3.8) is 0 Å². The van der Waals surface area contributed by atoms with Crippen molar-refractivity contribution in [2.75, 3.05) is 20.1 Å². The molecule has 3 N–H and O–H groups in total. The van der Waals surface area contributed by atoms with Gasteiger partial charge in [-0.05, 0) is 62.8 Å². The molecule has 214 valence electrons. The van der Waals surface area contributed by atoms with Crippen LogP contribution in [0.25, 0.3) is 10.9 Å². The Kier molecular flexibility index (Phi) is 5.70. The molecule has 0 saturated carbocycles. The van der Waals surface area contributed by atoms with Gasteiger partial charge in [0.15, 0.2) is 0 Å². The molecule has 4 fully saturated rings. The zero-order valence-electron chi connectivity index (χ0n) is 23.6. The number of piperazine rings is 1. The van der Waals surface area contributed by atoms with E-state index in [0.29, 0.717) is 38.4 Å². The molecule has 40 heavy (non-hydrogen) atoms. The number of H-pyrrole nitrogens is 1. The summed E-state index contributed by atoms with van der Waals surface area (Å²) >= 11 is 0. The van der Waals surface area contributed by atoms with Crippen LogP contribution in [0.2, 0.25) is 0 Å². The maximum absolute atomic E-state index is 14.0. The highest BCUT2D eigenvalue weighted by atomic mass is 16.7. The van der Waals surface area contributed by atoms with Crippen LogP contribution in [0.1, 0.15) is 63.5 Å². The number of hydrogen-bond donors (Lipinski definition) is 3. The van der Waals surface area contributed by atoms with Crippen molar-refractivity contribution in [1.29, 1.82) is 0 Å². The molecule has 4 aliphatic heterocycles. The lowest BCUT2D eigenvalue weighted by Crippen LogP contribution is -2.72. The Labute approximate surface area is 234 Å². The minimum absolute atomic E-state index is 0.149. The van der Waals surface area contributed by atoms with Crippen LogP contribution >= 0.6 is 0 Å². The van der Waals surface area contributed by atoms with Crippen LogP contribution < -0.4 is 5.32 Å². The van der Waals surface area contributed by atoms with Crippen molar-refractivity contribution in [2.24, 2.45) is 11.8 Å². The number of ether oxygens (including phenoxy) is 1. The van der Waals surface area contributed by atoms with E-state index in [0.717, 1.165) is 18.4 Å². The Bertz CT molecular complexity index is 1410.